The number of carbonyl (C=O) groups is 2. The van der Waals surface area contributed by atoms with E-state index in [9.17, 15) is 22.8 Å². The molecule has 2 rings (SSSR count). The average molecular weight is 313 g/mol. The molecule has 0 bridgehead atoms. The third-order valence-electron chi connectivity index (χ3n) is 2.65. The summed E-state index contributed by atoms with van der Waals surface area (Å²) in [6, 6.07) is 5.24. The highest BCUT2D eigenvalue weighted by molar-refractivity contribution is 5.94. The number of rotatable bonds is 3. The molecule has 1 heterocycles. The van der Waals surface area contributed by atoms with Crippen molar-refractivity contribution >= 4 is 11.9 Å². The van der Waals surface area contributed by atoms with Gasteiger partial charge in [-0.2, -0.15) is 18.3 Å². The number of alkyl halides is 3. The van der Waals surface area contributed by atoms with Crippen molar-refractivity contribution < 1.29 is 27.5 Å². The molecule has 116 valence electrons. The Balaban J connectivity index is 2.30. The van der Waals surface area contributed by atoms with Crippen molar-refractivity contribution in [3.63, 3.8) is 0 Å². The van der Waals surface area contributed by atoms with Gasteiger partial charge in [-0.3, -0.25) is 9.48 Å². The van der Waals surface area contributed by atoms with E-state index in [4.69, 9.17) is 10.5 Å². The van der Waals surface area contributed by atoms with Crippen LogP contribution in [0.2, 0.25) is 0 Å². The molecule has 0 fully saturated rings. The van der Waals surface area contributed by atoms with Gasteiger partial charge in [-0.15, -0.1) is 0 Å². The Labute approximate surface area is 122 Å². The summed E-state index contributed by atoms with van der Waals surface area (Å²) in [7, 11) is 1.25. The van der Waals surface area contributed by atoms with E-state index in [1.807, 2.05) is 0 Å². The summed E-state index contributed by atoms with van der Waals surface area (Å²) in [5.41, 5.74) is 3.07. The Kier molecular flexibility index (Phi) is 3.89. The highest BCUT2D eigenvalue weighted by atomic mass is 19.4. The second-order valence-corrected chi connectivity index (χ2v) is 4.34. The number of aromatic nitrogens is 2. The summed E-state index contributed by atoms with van der Waals surface area (Å²) in [5, 5.41) is 3.21. The van der Waals surface area contributed by atoms with Crippen molar-refractivity contribution in [2.24, 2.45) is 12.8 Å². The molecular formula is C13H10F3N3O3. The van der Waals surface area contributed by atoms with Crippen LogP contribution in [-0.4, -0.2) is 21.7 Å². The zero-order valence-electron chi connectivity index (χ0n) is 11.2. The van der Waals surface area contributed by atoms with E-state index in [2.05, 4.69) is 5.10 Å². The molecule has 0 spiro atoms. The molecule has 1 aromatic heterocycles. The van der Waals surface area contributed by atoms with Crippen molar-refractivity contribution in [1.29, 1.82) is 0 Å². The monoisotopic (exact) mass is 313 g/mol. The number of halogens is 3. The fraction of sp³-hybridized carbons (Fsp3) is 0.154. The molecule has 0 radical (unpaired) electrons. The molecule has 0 saturated carbocycles. The van der Waals surface area contributed by atoms with E-state index in [-0.39, 0.29) is 11.3 Å². The molecule has 0 aliphatic carbocycles. The number of hydrogen-bond acceptors (Lipinski definition) is 4. The predicted octanol–water partition coefficient (Wildman–Crippen LogP) is 1.76. The number of benzene rings is 1. The third kappa shape index (κ3) is 3.25. The zero-order chi connectivity index (χ0) is 16.5. The van der Waals surface area contributed by atoms with Gasteiger partial charge in [0, 0.05) is 18.8 Å². The van der Waals surface area contributed by atoms with E-state index in [1.54, 1.807) is 0 Å². The standard InChI is InChI=1S/C13H10F3N3O3/c1-19-6-9(10(18-19)13(14,15)16)12(21)22-8-4-2-3-7(5-8)11(17)20/h2-6H,1H3,(H2,17,20). The van der Waals surface area contributed by atoms with Gasteiger partial charge in [0.05, 0.1) is 0 Å². The quantitative estimate of drug-likeness (QED) is 0.691. The van der Waals surface area contributed by atoms with Crippen molar-refractivity contribution in [3.8, 4) is 5.75 Å². The topological polar surface area (TPSA) is 87.2 Å². The first-order valence-corrected chi connectivity index (χ1v) is 5.91. The minimum Gasteiger partial charge on any atom is -0.423 e. The van der Waals surface area contributed by atoms with Crippen LogP contribution in [0, 0.1) is 0 Å². The highest BCUT2D eigenvalue weighted by Crippen LogP contribution is 2.31. The maximum absolute atomic E-state index is 12.8. The highest BCUT2D eigenvalue weighted by Gasteiger charge is 2.39. The lowest BCUT2D eigenvalue weighted by atomic mass is 10.2. The summed E-state index contributed by atoms with van der Waals surface area (Å²) >= 11 is 0. The average Bonchev–Trinajstić information content (AvgIpc) is 2.81. The van der Waals surface area contributed by atoms with Gasteiger partial charge in [0.15, 0.2) is 5.69 Å². The summed E-state index contributed by atoms with van der Waals surface area (Å²) in [6.07, 6.45) is -3.88. The molecule has 2 N–H and O–H groups in total. The van der Waals surface area contributed by atoms with E-state index in [1.165, 1.54) is 25.2 Å². The molecular weight excluding hydrogens is 303 g/mol. The SMILES string of the molecule is Cn1cc(C(=O)Oc2cccc(C(N)=O)c2)c(C(F)(F)F)n1. The van der Waals surface area contributed by atoms with Crippen molar-refractivity contribution in [2.75, 3.05) is 0 Å². The summed E-state index contributed by atoms with van der Waals surface area (Å²) in [4.78, 5) is 22.9. The number of ether oxygens (including phenoxy) is 1. The second kappa shape index (κ2) is 5.51. The van der Waals surface area contributed by atoms with Crippen LogP contribution in [0.1, 0.15) is 26.4 Å². The van der Waals surface area contributed by atoms with Crippen LogP contribution in [0.5, 0.6) is 5.75 Å². The number of amides is 1. The van der Waals surface area contributed by atoms with Crippen molar-refractivity contribution in [1.82, 2.24) is 9.78 Å². The maximum atomic E-state index is 12.8. The van der Waals surface area contributed by atoms with Crippen LogP contribution < -0.4 is 10.5 Å². The van der Waals surface area contributed by atoms with Gasteiger partial charge in [0.1, 0.15) is 11.3 Å². The number of esters is 1. The molecule has 1 amide bonds. The van der Waals surface area contributed by atoms with E-state index in [0.717, 1.165) is 16.9 Å². The number of hydrogen-bond donors (Lipinski definition) is 1. The van der Waals surface area contributed by atoms with Gasteiger partial charge in [-0.05, 0) is 18.2 Å². The zero-order valence-corrected chi connectivity index (χ0v) is 11.2. The largest absolute Gasteiger partial charge is 0.436 e. The minimum atomic E-state index is -4.79. The van der Waals surface area contributed by atoms with Crippen molar-refractivity contribution in [2.45, 2.75) is 6.18 Å². The van der Waals surface area contributed by atoms with Gasteiger partial charge in [-0.1, -0.05) is 6.07 Å². The molecule has 9 heteroatoms. The Morgan fingerprint density at radius 3 is 2.59 bits per heavy atom. The Hall–Kier alpha value is -2.84. The molecule has 22 heavy (non-hydrogen) atoms. The first-order chi connectivity index (χ1) is 10.2. The van der Waals surface area contributed by atoms with Crippen LogP contribution >= 0.6 is 0 Å². The molecule has 6 nitrogen and oxygen atoms in total. The Morgan fingerprint density at radius 1 is 1.32 bits per heavy atom. The van der Waals surface area contributed by atoms with Crippen LogP contribution in [0.3, 0.4) is 0 Å². The van der Waals surface area contributed by atoms with Crippen LogP contribution in [0.25, 0.3) is 0 Å². The lowest BCUT2D eigenvalue weighted by Crippen LogP contribution is -2.16. The van der Waals surface area contributed by atoms with Gasteiger partial charge < -0.3 is 10.5 Å². The molecule has 0 atom stereocenters. The number of primary amides is 1. The van der Waals surface area contributed by atoms with Crippen LogP contribution in [-0.2, 0) is 13.2 Å². The van der Waals surface area contributed by atoms with Gasteiger partial charge in [-0.25, -0.2) is 4.79 Å². The Morgan fingerprint density at radius 2 is 2.00 bits per heavy atom. The van der Waals surface area contributed by atoms with E-state index >= 15 is 0 Å². The number of nitrogens with zero attached hydrogens (tertiary/aromatic N) is 2. The van der Waals surface area contributed by atoms with Crippen LogP contribution in [0.15, 0.2) is 30.5 Å². The lowest BCUT2D eigenvalue weighted by molar-refractivity contribution is -0.141. The molecule has 0 aliphatic heterocycles. The Bertz CT molecular complexity index is 738. The molecule has 0 unspecified atom stereocenters. The molecule has 0 saturated heterocycles. The van der Waals surface area contributed by atoms with E-state index in [0.29, 0.717) is 0 Å². The third-order valence-corrected chi connectivity index (χ3v) is 2.65. The van der Waals surface area contributed by atoms with E-state index < -0.39 is 29.3 Å². The minimum absolute atomic E-state index is 0.0625. The first kappa shape index (κ1) is 15.5. The molecule has 0 aliphatic rings. The van der Waals surface area contributed by atoms with Crippen LogP contribution in [0.4, 0.5) is 13.2 Å². The summed E-state index contributed by atoms with van der Waals surface area (Å²) < 4.78 is 44.1. The first-order valence-electron chi connectivity index (χ1n) is 5.91. The number of aryl methyl sites for hydroxylation is 1. The fourth-order valence-corrected chi connectivity index (χ4v) is 1.72. The maximum Gasteiger partial charge on any atom is 0.436 e. The van der Waals surface area contributed by atoms with Crippen molar-refractivity contribution in [3.05, 3.63) is 47.3 Å². The fourth-order valence-electron chi connectivity index (χ4n) is 1.72. The van der Waals surface area contributed by atoms with Gasteiger partial charge >= 0.3 is 12.1 Å². The second-order valence-electron chi connectivity index (χ2n) is 4.34. The summed E-state index contributed by atoms with van der Waals surface area (Å²) in [5.74, 6) is -2.09. The number of nitrogens with two attached hydrogens (primary N) is 1. The molecule has 2 aromatic rings. The molecule has 1 aromatic carbocycles. The lowest BCUT2D eigenvalue weighted by Gasteiger charge is -2.07. The predicted molar refractivity (Wildman–Crippen MR) is 68.1 cm³/mol. The normalized spacial score (nSPS) is 11.3. The number of carbonyl (C=O) groups excluding carboxylic acids is 2. The van der Waals surface area contributed by atoms with Gasteiger partial charge in [0.25, 0.3) is 0 Å². The smallest absolute Gasteiger partial charge is 0.423 e. The van der Waals surface area contributed by atoms with Gasteiger partial charge in [0.2, 0.25) is 5.91 Å². The summed E-state index contributed by atoms with van der Waals surface area (Å²) in [6.45, 7) is 0.